The zero-order valence-electron chi connectivity index (χ0n) is 19.0. The molecule has 1 aromatic heterocycles. The molecule has 0 spiro atoms. The van der Waals surface area contributed by atoms with Crippen LogP contribution in [0.25, 0.3) is 0 Å². The van der Waals surface area contributed by atoms with E-state index in [0.717, 1.165) is 16.9 Å². The second-order valence-corrected chi connectivity index (χ2v) is 12.0. The number of likely N-dealkylation sites (N-methyl/N-ethyl adjacent to an activating group) is 1. The summed E-state index contributed by atoms with van der Waals surface area (Å²) < 4.78 is 32.3. The molecule has 0 atom stereocenters. The maximum absolute atomic E-state index is 12.6. The summed E-state index contributed by atoms with van der Waals surface area (Å²) in [5.74, 6) is -1.13. The van der Waals surface area contributed by atoms with Crippen molar-refractivity contribution < 1.29 is 22.7 Å². The Labute approximate surface area is 198 Å². The summed E-state index contributed by atoms with van der Waals surface area (Å²) >= 11 is 1.18. The number of benzene rings is 1. The van der Waals surface area contributed by atoms with Crippen LogP contribution in [-0.2, 0) is 29.8 Å². The molecule has 176 valence electrons. The number of sulfonamides is 1. The molecule has 3 heterocycles. The Morgan fingerprint density at radius 3 is 2.48 bits per heavy atom. The molecule has 9 heteroatoms. The second kappa shape index (κ2) is 9.04. The predicted molar refractivity (Wildman–Crippen MR) is 128 cm³/mol. The third kappa shape index (κ3) is 4.49. The minimum atomic E-state index is -3.51. The van der Waals surface area contributed by atoms with Gasteiger partial charge in [-0.15, -0.1) is 11.3 Å². The molecule has 2 aliphatic heterocycles. The minimum absolute atomic E-state index is 0.259. The molecule has 4 rings (SSSR count). The molecule has 2 aromatic rings. The van der Waals surface area contributed by atoms with Gasteiger partial charge in [-0.05, 0) is 35.9 Å². The smallest absolute Gasteiger partial charge is 0.309 e. The summed E-state index contributed by atoms with van der Waals surface area (Å²) in [6, 6.07) is 11.3. The molecule has 2 aliphatic rings. The number of hydrogen-bond donors (Lipinski definition) is 0. The van der Waals surface area contributed by atoms with Gasteiger partial charge >= 0.3 is 5.97 Å². The quantitative estimate of drug-likeness (QED) is 0.457. The van der Waals surface area contributed by atoms with E-state index in [4.69, 9.17) is 4.74 Å². The van der Waals surface area contributed by atoms with Crippen LogP contribution in [0, 0.1) is 5.92 Å². The van der Waals surface area contributed by atoms with Crippen molar-refractivity contribution in [3.63, 3.8) is 0 Å². The number of fused-ring (bicyclic) bond motifs is 1. The van der Waals surface area contributed by atoms with Gasteiger partial charge < -0.3 is 9.64 Å². The van der Waals surface area contributed by atoms with Crippen molar-refractivity contribution in [2.45, 2.75) is 36.3 Å². The summed E-state index contributed by atoms with van der Waals surface area (Å²) in [7, 11) is -1.59. The first-order valence-electron chi connectivity index (χ1n) is 10.9. The molecule has 0 unspecified atom stereocenters. The highest BCUT2D eigenvalue weighted by atomic mass is 32.2. The zero-order valence-corrected chi connectivity index (χ0v) is 20.6. The van der Waals surface area contributed by atoms with E-state index in [1.165, 1.54) is 15.6 Å². The number of anilines is 1. The number of hydrogen-bond acceptors (Lipinski definition) is 7. The Balaban J connectivity index is 1.32. The van der Waals surface area contributed by atoms with Crippen LogP contribution in [0.3, 0.4) is 0 Å². The number of esters is 1. The van der Waals surface area contributed by atoms with Crippen molar-refractivity contribution in [2.24, 2.45) is 5.92 Å². The molecule has 0 radical (unpaired) electrons. The monoisotopic (exact) mass is 488 g/mol. The highest BCUT2D eigenvalue weighted by Gasteiger charge is 2.39. The number of ketones is 1. The zero-order chi connectivity index (χ0) is 23.8. The van der Waals surface area contributed by atoms with Crippen LogP contribution in [0.2, 0.25) is 0 Å². The maximum atomic E-state index is 12.6. The van der Waals surface area contributed by atoms with E-state index in [0.29, 0.717) is 17.1 Å². The van der Waals surface area contributed by atoms with Crippen LogP contribution < -0.4 is 4.90 Å². The van der Waals surface area contributed by atoms with E-state index in [1.54, 1.807) is 23.6 Å². The Morgan fingerprint density at radius 2 is 1.85 bits per heavy atom. The van der Waals surface area contributed by atoms with Crippen molar-refractivity contribution >= 4 is 38.8 Å². The SMILES string of the molecule is CN1/C(=C/C(=O)COC(=O)C2CCN(S(=O)(=O)c3cccs3)CC2)C(C)(C)c2ccccc21. The van der Waals surface area contributed by atoms with Crippen molar-refractivity contribution in [1.29, 1.82) is 0 Å². The summed E-state index contributed by atoms with van der Waals surface area (Å²) in [6.45, 7) is 4.33. The highest BCUT2D eigenvalue weighted by Crippen LogP contribution is 2.46. The number of piperidine rings is 1. The number of carbonyl (C=O) groups excluding carboxylic acids is 2. The van der Waals surface area contributed by atoms with Crippen LogP contribution in [0.15, 0.2) is 57.8 Å². The van der Waals surface area contributed by atoms with E-state index < -0.39 is 21.9 Å². The summed E-state index contributed by atoms with van der Waals surface area (Å²) in [5, 5.41) is 1.73. The molecule has 1 aromatic carbocycles. The average Bonchev–Trinajstić information content (AvgIpc) is 3.41. The number of nitrogens with zero attached hydrogens (tertiary/aromatic N) is 2. The van der Waals surface area contributed by atoms with Gasteiger partial charge in [-0.2, -0.15) is 4.31 Å². The number of ether oxygens (including phenoxy) is 1. The summed E-state index contributed by atoms with van der Waals surface area (Å²) in [5.41, 5.74) is 2.73. The van der Waals surface area contributed by atoms with Crippen LogP contribution in [0.1, 0.15) is 32.3 Å². The lowest BCUT2D eigenvalue weighted by Gasteiger charge is -2.29. The molecule has 0 bridgehead atoms. The normalized spacial score (nSPS) is 20.1. The number of thiophene rings is 1. The molecule has 0 amide bonds. The molecule has 7 nitrogen and oxygen atoms in total. The number of allylic oxidation sites excluding steroid dienone is 1. The van der Waals surface area contributed by atoms with Gasteiger partial charge in [0.15, 0.2) is 12.4 Å². The Morgan fingerprint density at radius 1 is 1.15 bits per heavy atom. The molecule has 0 aliphatic carbocycles. The fourth-order valence-electron chi connectivity index (χ4n) is 4.58. The van der Waals surface area contributed by atoms with Crippen LogP contribution >= 0.6 is 11.3 Å². The summed E-state index contributed by atoms with van der Waals surface area (Å²) in [4.78, 5) is 27.1. The van der Waals surface area contributed by atoms with E-state index >= 15 is 0 Å². The Bertz CT molecular complexity index is 1180. The Kier molecular flexibility index (Phi) is 6.48. The molecule has 0 N–H and O–H groups in total. The molecular weight excluding hydrogens is 460 g/mol. The first-order valence-corrected chi connectivity index (χ1v) is 13.2. The van der Waals surface area contributed by atoms with Crippen LogP contribution in [0.4, 0.5) is 5.69 Å². The van der Waals surface area contributed by atoms with Gasteiger partial charge in [-0.3, -0.25) is 9.59 Å². The minimum Gasteiger partial charge on any atom is -0.457 e. The van der Waals surface area contributed by atoms with Crippen molar-refractivity contribution in [3.8, 4) is 0 Å². The van der Waals surface area contributed by atoms with Gasteiger partial charge in [-0.1, -0.05) is 38.1 Å². The Hall–Kier alpha value is -2.49. The van der Waals surface area contributed by atoms with Gasteiger partial charge in [0.1, 0.15) is 4.21 Å². The fourth-order valence-corrected chi connectivity index (χ4v) is 7.20. The molecule has 1 saturated heterocycles. The van der Waals surface area contributed by atoms with Crippen molar-refractivity contribution in [1.82, 2.24) is 4.31 Å². The lowest BCUT2D eigenvalue weighted by molar-refractivity contribution is -0.152. The van der Waals surface area contributed by atoms with Gasteiger partial charge in [0, 0.05) is 43.0 Å². The van der Waals surface area contributed by atoms with Gasteiger partial charge in [0.2, 0.25) is 0 Å². The molecular formula is C24H28N2O5S2. The number of rotatable bonds is 6. The van der Waals surface area contributed by atoms with Crippen LogP contribution in [0.5, 0.6) is 0 Å². The number of para-hydroxylation sites is 1. The van der Waals surface area contributed by atoms with Gasteiger partial charge in [0.25, 0.3) is 10.0 Å². The second-order valence-electron chi connectivity index (χ2n) is 8.92. The van der Waals surface area contributed by atoms with E-state index in [1.807, 2.05) is 30.1 Å². The van der Waals surface area contributed by atoms with Gasteiger partial charge in [0.05, 0.1) is 5.92 Å². The molecule has 1 fully saturated rings. The predicted octanol–water partition coefficient (Wildman–Crippen LogP) is 3.57. The lowest BCUT2D eigenvalue weighted by atomic mass is 9.83. The van der Waals surface area contributed by atoms with Crippen molar-refractivity contribution in [2.75, 3.05) is 31.6 Å². The topological polar surface area (TPSA) is 84.0 Å². The van der Waals surface area contributed by atoms with E-state index in [9.17, 15) is 18.0 Å². The van der Waals surface area contributed by atoms with Crippen molar-refractivity contribution in [3.05, 3.63) is 59.1 Å². The third-order valence-electron chi connectivity index (χ3n) is 6.47. The maximum Gasteiger partial charge on any atom is 0.309 e. The first-order chi connectivity index (χ1) is 15.6. The van der Waals surface area contributed by atoms with E-state index in [-0.39, 0.29) is 30.9 Å². The number of carbonyl (C=O) groups is 2. The highest BCUT2D eigenvalue weighted by molar-refractivity contribution is 7.91. The third-order valence-corrected chi connectivity index (χ3v) is 9.74. The largest absolute Gasteiger partial charge is 0.457 e. The molecule has 0 saturated carbocycles. The summed E-state index contributed by atoms with van der Waals surface area (Å²) in [6.07, 6.45) is 2.32. The molecule has 33 heavy (non-hydrogen) atoms. The average molecular weight is 489 g/mol. The first kappa shape index (κ1) is 23.7. The fraction of sp³-hybridized carbons (Fsp3) is 0.417. The van der Waals surface area contributed by atoms with E-state index in [2.05, 4.69) is 19.9 Å². The lowest BCUT2D eigenvalue weighted by Crippen LogP contribution is -2.40. The van der Waals surface area contributed by atoms with Gasteiger partial charge in [-0.25, -0.2) is 8.42 Å². The van der Waals surface area contributed by atoms with Crippen LogP contribution in [-0.4, -0.2) is 51.2 Å². The standard InChI is InChI=1S/C24H28N2O5S2/c1-24(2)19-7-4-5-8-20(19)25(3)21(24)15-18(27)16-31-23(28)17-10-12-26(13-11-17)33(29,30)22-9-6-14-32-22/h4-9,14-15,17H,10-13,16H2,1-3H3/b21-15+.